The van der Waals surface area contributed by atoms with Crippen LogP contribution in [0.2, 0.25) is 0 Å². The van der Waals surface area contributed by atoms with E-state index in [9.17, 15) is 45.1 Å². The summed E-state index contributed by atoms with van der Waals surface area (Å²) in [6.45, 7) is 0. The van der Waals surface area contributed by atoms with Crippen molar-refractivity contribution in [2.75, 3.05) is 28.4 Å². The average Bonchev–Trinajstić information content (AvgIpc) is 3.00. The SMILES string of the molecule is COC(=O)c1cc(S(=O)(=O)[O-])c2cc(C(=O)OC)ccc2c1.COC(=O)c1cc(S(=O)(=O)[O-])c2cc(C(=O)OC)ccc2c1.[Mn+2]. The Hall–Kier alpha value is -4.38. The molecule has 0 N–H and O–H groups in total. The number of hydrogen-bond donors (Lipinski definition) is 0. The van der Waals surface area contributed by atoms with E-state index in [0.29, 0.717) is 10.8 Å². The molecule has 0 aliphatic heterocycles. The van der Waals surface area contributed by atoms with E-state index in [1.165, 1.54) is 62.8 Å². The van der Waals surface area contributed by atoms with Gasteiger partial charge in [0.05, 0.1) is 60.5 Å². The van der Waals surface area contributed by atoms with Gasteiger partial charge in [-0.2, -0.15) is 0 Å². The van der Waals surface area contributed by atoms with Gasteiger partial charge in [0.2, 0.25) is 0 Å². The minimum absolute atomic E-state index is 0. The Morgan fingerprint density at radius 2 is 0.778 bits per heavy atom. The second kappa shape index (κ2) is 14.6. The van der Waals surface area contributed by atoms with E-state index in [4.69, 9.17) is 0 Å². The molecule has 45 heavy (non-hydrogen) atoms. The largest absolute Gasteiger partial charge is 2.00 e. The smallest absolute Gasteiger partial charge is 0.744 e. The molecule has 0 aliphatic rings. The van der Waals surface area contributed by atoms with Gasteiger partial charge in [0, 0.05) is 10.8 Å². The molecule has 237 valence electrons. The predicted octanol–water partition coefficient (Wildman–Crippen LogP) is 2.63. The maximum absolute atomic E-state index is 11.6. The standard InChI is InChI=1S/2C14H12O7S.Mn/c2*1-20-13(15)9-4-3-8-5-10(14(16)21-2)7-12(11(8)6-9)22(17,18)19;/h2*3-7H,1-2H3,(H,17,18,19);/q;;+2/p-2. The third kappa shape index (κ3) is 8.42. The van der Waals surface area contributed by atoms with Crippen LogP contribution in [0.25, 0.3) is 21.5 Å². The molecule has 4 aromatic rings. The van der Waals surface area contributed by atoms with Crippen molar-refractivity contribution in [2.45, 2.75) is 9.79 Å². The number of fused-ring (bicyclic) bond motifs is 2. The summed E-state index contributed by atoms with van der Waals surface area (Å²) in [5, 5.41) is 0.686. The van der Waals surface area contributed by atoms with Crippen molar-refractivity contribution >= 4 is 65.7 Å². The summed E-state index contributed by atoms with van der Waals surface area (Å²) in [4.78, 5) is 45.0. The van der Waals surface area contributed by atoms with E-state index < -0.39 is 53.9 Å². The summed E-state index contributed by atoms with van der Waals surface area (Å²) in [5.74, 6) is -2.89. The number of ether oxygens (including phenoxy) is 4. The quantitative estimate of drug-likeness (QED) is 0.122. The van der Waals surface area contributed by atoms with Crippen LogP contribution in [0.4, 0.5) is 0 Å². The van der Waals surface area contributed by atoms with E-state index in [0.717, 1.165) is 26.4 Å². The number of methoxy groups -OCH3 is 4. The second-order valence-electron chi connectivity index (χ2n) is 8.70. The minimum Gasteiger partial charge on any atom is -0.744 e. The van der Waals surface area contributed by atoms with Crippen LogP contribution in [-0.4, -0.2) is 78.3 Å². The number of benzene rings is 4. The molecule has 0 fully saturated rings. The van der Waals surface area contributed by atoms with Crippen LogP contribution < -0.4 is 0 Å². The molecule has 4 aromatic carbocycles. The first-order valence-electron chi connectivity index (χ1n) is 12.0. The van der Waals surface area contributed by atoms with E-state index in [1.54, 1.807) is 0 Å². The summed E-state index contributed by atoms with van der Waals surface area (Å²) in [6.07, 6.45) is 0. The molecule has 1 radical (unpaired) electrons. The summed E-state index contributed by atoms with van der Waals surface area (Å²) < 4.78 is 86.8. The fourth-order valence-corrected chi connectivity index (χ4v) is 5.46. The van der Waals surface area contributed by atoms with Crippen LogP contribution in [0.3, 0.4) is 0 Å². The molecular formula is C28H22MnO14S2. The molecule has 0 atom stereocenters. The normalized spacial score (nSPS) is 11.0. The van der Waals surface area contributed by atoms with Gasteiger partial charge in [-0.05, 0) is 59.3 Å². The van der Waals surface area contributed by atoms with Crippen LogP contribution in [-0.2, 0) is 56.3 Å². The predicted molar refractivity (Wildman–Crippen MR) is 149 cm³/mol. The molecule has 0 aliphatic carbocycles. The molecule has 0 bridgehead atoms. The van der Waals surface area contributed by atoms with Gasteiger partial charge in [-0.25, -0.2) is 36.0 Å². The molecule has 0 saturated carbocycles. The summed E-state index contributed by atoms with van der Waals surface area (Å²) in [5.41, 5.74) is 0.0296. The number of carbonyl (C=O) groups excluding carboxylic acids is 4. The fourth-order valence-electron chi connectivity index (χ4n) is 4.02. The summed E-state index contributed by atoms with van der Waals surface area (Å²) in [7, 11) is -5.07. The van der Waals surface area contributed by atoms with Crippen LogP contribution in [0, 0.1) is 0 Å². The number of hydrogen-bond acceptors (Lipinski definition) is 14. The van der Waals surface area contributed by atoms with E-state index in [1.807, 2.05) is 0 Å². The maximum Gasteiger partial charge on any atom is 2.00 e. The van der Waals surface area contributed by atoms with Crippen molar-refractivity contribution in [3.63, 3.8) is 0 Å². The van der Waals surface area contributed by atoms with Crippen LogP contribution in [0.15, 0.2) is 70.5 Å². The molecular weight excluding hydrogens is 679 g/mol. The molecule has 0 aromatic heterocycles. The molecule has 0 unspecified atom stereocenters. The maximum atomic E-state index is 11.6. The van der Waals surface area contributed by atoms with Crippen molar-refractivity contribution in [1.82, 2.24) is 0 Å². The fraction of sp³-hybridized carbons (Fsp3) is 0.143. The van der Waals surface area contributed by atoms with Crippen molar-refractivity contribution in [3.05, 3.63) is 82.9 Å². The van der Waals surface area contributed by atoms with Gasteiger partial charge in [-0.15, -0.1) is 0 Å². The average molecular weight is 702 g/mol. The first-order chi connectivity index (χ1) is 20.5. The first kappa shape index (κ1) is 36.8. The monoisotopic (exact) mass is 701 g/mol. The van der Waals surface area contributed by atoms with Crippen LogP contribution >= 0.6 is 0 Å². The van der Waals surface area contributed by atoms with Crippen molar-refractivity contribution in [3.8, 4) is 0 Å². The number of carbonyl (C=O) groups is 4. The second-order valence-corrected chi connectivity index (χ2v) is 11.4. The zero-order valence-electron chi connectivity index (χ0n) is 23.7. The third-order valence-corrected chi connectivity index (χ3v) is 7.81. The molecule has 0 heterocycles. The van der Waals surface area contributed by atoms with E-state index in [-0.39, 0.29) is 50.1 Å². The molecule has 17 heteroatoms. The molecule has 14 nitrogen and oxygen atoms in total. The molecule has 4 rings (SSSR count). The van der Waals surface area contributed by atoms with Crippen molar-refractivity contribution in [2.24, 2.45) is 0 Å². The Morgan fingerprint density at radius 1 is 0.489 bits per heavy atom. The Kier molecular flexibility index (Phi) is 11.9. The van der Waals surface area contributed by atoms with Gasteiger partial charge < -0.3 is 28.1 Å². The van der Waals surface area contributed by atoms with Gasteiger partial charge in [-0.1, -0.05) is 12.1 Å². The zero-order valence-corrected chi connectivity index (χ0v) is 26.5. The molecule has 0 amide bonds. The summed E-state index contributed by atoms with van der Waals surface area (Å²) >= 11 is 0. The van der Waals surface area contributed by atoms with Gasteiger partial charge in [0.25, 0.3) is 0 Å². The minimum atomic E-state index is -4.85. The Balaban J connectivity index is 0.000000307. The van der Waals surface area contributed by atoms with Gasteiger partial charge in [0.15, 0.2) is 0 Å². The van der Waals surface area contributed by atoms with Gasteiger partial charge in [-0.3, -0.25) is 0 Å². The topological polar surface area (TPSA) is 220 Å². The van der Waals surface area contributed by atoms with E-state index >= 15 is 0 Å². The molecule has 0 saturated heterocycles. The van der Waals surface area contributed by atoms with Crippen molar-refractivity contribution in [1.29, 1.82) is 0 Å². The van der Waals surface area contributed by atoms with Crippen molar-refractivity contribution < 1.29 is 81.1 Å². The Morgan fingerprint density at radius 3 is 1.04 bits per heavy atom. The number of rotatable bonds is 6. The Bertz CT molecular complexity index is 1890. The zero-order chi connectivity index (χ0) is 33.0. The number of esters is 4. The summed E-state index contributed by atoms with van der Waals surface area (Å²) in [6, 6.07) is 12.7. The first-order valence-corrected chi connectivity index (χ1v) is 14.8. The third-order valence-electron chi connectivity index (χ3n) is 6.06. The van der Waals surface area contributed by atoms with E-state index in [2.05, 4.69) is 18.9 Å². The van der Waals surface area contributed by atoms with Gasteiger partial charge in [0.1, 0.15) is 20.2 Å². The van der Waals surface area contributed by atoms with Crippen LogP contribution in [0.1, 0.15) is 41.4 Å². The van der Waals surface area contributed by atoms with Gasteiger partial charge >= 0.3 is 40.9 Å². The molecule has 0 spiro atoms. The Labute approximate surface area is 267 Å². The van der Waals surface area contributed by atoms with Crippen LogP contribution in [0.5, 0.6) is 0 Å².